The molecule has 0 fully saturated rings. The van der Waals surface area contributed by atoms with Crippen molar-refractivity contribution in [3.05, 3.63) is 48.8 Å². The number of allylic oxidation sites excluding steroid dienone is 1. The van der Waals surface area contributed by atoms with E-state index in [-0.39, 0.29) is 12.4 Å². The van der Waals surface area contributed by atoms with E-state index in [9.17, 15) is 0 Å². The normalized spacial score (nSPS) is 11.7. The summed E-state index contributed by atoms with van der Waals surface area (Å²) in [7, 11) is -1.03. The van der Waals surface area contributed by atoms with Gasteiger partial charge in [0, 0.05) is 19.6 Å². The van der Waals surface area contributed by atoms with E-state index in [2.05, 4.69) is 71.6 Å². The molecule has 0 bridgehead atoms. The average Bonchev–Trinajstić information content (AvgIpc) is 2.87. The van der Waals surface area contributed by atoms with Gasteiger partial charge in [-0.3, -0.25) is 0 Å². The van der Waals surface area contributed by atoms with E-state index < -0.39 is 8.07 Å². The molecule has 3 nitrogen and oxygen atoms in total. The number of imidazole rings is 1. The molecule has 2 rings (SSSR count). The predicted molar refractivity (Wildman–Crippen MR) is 100 cm³/mol. The van der Waals surface area contributed by atoms with Crippen molar-refractivity contribution in [1.29, 1.82) is 0 Å². The van der Waals surface area contributed by atoms with Crippen molar-refractivity contribution in [2.45, 2.75) is 49.4 Å². The molecule has 1 aromatic heterocycles. The second-order valence-corrected chi connectivity index (χ2v) is 13.4. The molecule has 0 radical (unpaired) electrons. The molecule has 0 unspecified atom stereocenters. The number of nitrogens with zero attached hydrogens (tertiary/aromatic N) is 2. The highest BCUT2D eigenvalue weighted by Crippen LogP contribution is 2.25. The Morgan fingerprint density at radius 2 is 1.92 bits per heavy atom. The topological polar surface area (TPSA) is 18.0 Å². The first-order chi connectivity index (χ1) is 11.0. The van der Waals surface area contributed by atoms with Gasteiger partial charge < -0.3 is 17.1 Å². The molecule has 6 heteroatoms. The van der Waals surface area contributed by atoms with Crippen LogP contribution in [0.3, 0.4) is 0 Å². The van der Waals surface area contributed by atoms with Crippen molar-refractivity contribution in [3.63, 3.8) is 0 Å². The third-order valence-corrected chi connectivity index (χ3v) is 6.20. The molecule has 1 aromatic carbocycles. The van der Waals surface area contributed by atoms with Crippen LogP contribution in [0.2, 0.25) is 25.7 Å². The summed E-state index contributed by atoms with van der Waals surface area (Å²) < 4.78 is 10.2. The van der Waals surface area contributed by atoms with Crippen molar-refractivity contribution in [2.75, 3.05) is 6.61 Å². The number of rotatable bonds is 8. The maximum Gasteiger partial charge on any atom is 0.329 e. The SMILES string of the molecule is C/C=C/n1cc[n+](COCC[Si](C)(C)C)c1Sc1ccccc1.[Cl-]. The first kappa shape index (κ1) is 21.0. The summed E-state index contributed by atoms with van der Waals surface area (Å²) in [6.45, 7) is 10.6. The van der Waals surface area contributed by atoms with Gasteiger partial charge in [0.1, 0.15) is 12.4 Å². The van der Waals surface area contributed by atoms with Crippen molar-refractivity contribution in [3.8, 4) is 0 Å². The zero-order valence-electron chi connectivity index (χ0n) is 14.9. The summed E-state index contributed by atoms with van der Waals surface area (Å²) in [4.78, 5) is 1.23. The lowest BCUT2D eigenvalue weighted by molar-refractivity contribution is -0.765. The fourth-order valence-corrected chi connectivity index (χ4v) is 3.77. The molecule has 0 aliphatic heterocycles. The van der Waals surface area contributed by atoms with Gasteiger partial charge in [-0.25, -0.2) is 0 Å². The standard InChI is InChI=1S/C18H27N2OSSi.ClH/c1-5-11-19-12-13-20(16-21-14-15-23(2,3)4)18(19)22-17-9-7-6-8-10-17;/h5-13H,14-16H2,1-4H3;1H/q+1;/p-1/b11-5+;. The van der Waals surface area contributed by atoms with Crippen molar-refractivity contribution in [1.82, 2.24) is 4.57 Å². The predicted octanol–water partition coefficient (Wildman–Crippen LogP) is 1.73. The van der Waals surface area contributed by atoms with Crippen LogP contribution in [0.4, 0.5) is 0 Å². The summed E-state index contributed by atoms with van der Waals surface area (Å²) in [5.74, 6) is 0. The summed E-state index contributed by atoms with van der Waals surface area (Å²) in [6.07, 6.45) is 8.28. The van der Waals surface area contributed by atoms with Gasteiger partial charge >= 0.3 is 5.16 Å². The number of aromatic nitrogens is 2. The molecule has 0 aliphatic carbocycles. The minimum absolute atomic E-state index is 0. The molecular formula is C18H27ClN2OSSi. The summed E-state index contributed by atoms with van der Waals surface area (Å²) in [6, 6.07) is 11.6. The van der Waals surface area contributed by atoms with Gasteiger partial charge in [-0.05, 0) is 42.9 Å². The first-order valence-corrected chi connectivity index (χ1v) is 12.6. The monoisotopic (exact) mass is 382 g/mol. The van der Waals surface area contributed by atoms with Crippen molar-refractivity contribution >= 4 is 26.0 Å². The van der Waals surface area contributed by atoms with E-state index in [4.69, 9.17) is 4.74 Å². The lowest BCUT2D eigenvalue weighted by Crippen LogP contribution is -3.00. The molecule has 0 atom stereocenters. The van der Waals surface area contributed by atoms with Crippen molar-refractivity contribution < 1.29 is 21.7 Å². The lowest BCUT2D eigenvalue weighted by atomic mass is 10.4. The number of benzene rings is 1. The Hall–Kier alpha value is -1.01. The minimum atomic E-state index is -1.03. The molecule has 0 amide bonds. The molecular weight excluding hydrogens is 356 g/mol. The fraction of sp³-hybridized carbons (Fsp3) is 0.389. The van der Waals surface area contributed by atoms with Crippen LogP contribution in [0.5, 0.6) is 0 Å². The quantitative estimate of drug-likeness (QED) is 0.393. The highest BCUT2D eigenvalue weighted by atomic mass is 35.5. The zero-order chi connectivity index (χ0) is 16.7. The number of hydrogen-bond donors (Lipinski definition) is 0. The maximum absolute atomic E-state index is 5.91. The van der Waals surface area contributed by atoms with Gasteiger partial charge in [0.25, 0.3) is 0 Å². The Morgan fingerprint density at radius 1 is 1.21 bits per heavy atom. The number of halogens is 1. The van der Waals surface area contributed by atoms with Gasteiger partial charge in [0.15, 0.2) is 6.73 Å². The summed E-state index contributed by atoms with van der Waals surface area (Å²) >= 11 is 1.75. The Morgan fingerprint density at radius 3 is 2.54 bits per heavy atom. The third-order valence-electron chi connectivity index (χ3n) is 3.36. The van der Waals surface area contributed by atoms with Gasteiger partial charge in [0.05, 0.1) is 6.20 Å². The fourth-order valence-electron chi connectivity index (χ4n) is 2.05. The van der Waals surface area contributed by atoms with E-state index >= 15 is 0 Å². The maximum atomic E-state index is 5.91. The van der Waals surface area contributed by atoms with E-state index in [1.807, 2.05) is 19.1 Å². The smallest absolute Gasteiger partial charge is 0.329 e. The second-order valence-electron chi connectivity index (χ2n) is 6.70. The zero-order valence-corrected chi connectivity index (χ0v) is 17.5. The highest BCUT2D eigenvalue weighted by Gasteiger charge is 2.18. The van der Waals surface area contributed by atoms with Crippen LogP contribution in [-0.2, 0) is 11.5 Å². The van der Waals surface area contributed by atoms with E-state index in [1.165, 1.54) is 10.9 Å². The van der Waals surface area contributed by atoms with E-state index in [0.717, 1.165) is 11.8 Å². The van der Waals surface area contributed by atoms with Crippen LogP contribution in [0, 0.1) is 0 Å². The highest BCUT2D eigenvalue weighted by molar-refractivity contribution is 7.99. The van der Waals surface area contributed by atoms with Crippen LogP contribution in [0.25, 0.3) is 6.20 Å². The molecule has 0 N–H and O–H groups in total. The van der Waals surface area contributed by atoms with Crippen LogP contribution < -0.4 is 17.0 Å². The Bertz CT molecular complexity index is 638. The third kappa shape index (κ3) is 6.85. The Kier molecular flexibility index (Phi) is 8.84. The largest absolute Gasteiger partial charge is 1.00 e. The van der Waals surface area contributed by atoms with Crippen LogP contribution in [-0.4, -0.2) is 19.2 Å². The van der Waals surface area contributed by atoms with Crippen molar-refractivity contribution in [2.24, 2.45) is 0 Å². The second kappa shape index (κ2) is 10.1. The molecule has 0 saturated carbocycles. The Balaban J connectivity index is 0.00000288. The van der Waals surface area contributed by atoms with Gasteiger partial charge in [-0.2, -0.15) is 9.13 Å². The molecule has 1 heterocycles. The first-order valence-electron chi connectivity index (χ1n) is 8.03. The Labute approximate surface area is 157 Å². The summed E-state index contributed by atoms with van der Waals surface area (Å²) in [5, 5.41) is 1.15. The minimum Gasteiger partial charge on any atom is -1.00 e. The van der Waals surface area contributed by atoms with Gasteiger partial charge in [0.2, 0.25) is 0 Å². The molecule has 0 saturated heterocycles. The molecule has 0 aliphatic rings. The van der Waals surface area contributed by atoms with Gasteiger partial charge in [-0.15, -0.1) is 0 Å². The van der Waals surface area contributed by atoms with Crippen LogP contribution in [0.1, 0.15) is 6.92 Å². The molecule has 0 spiro atoms. The number of hydrogen-bond acceptors (Lipinski definition) is 2. The average molecular weight is 383 g/mol. The van der Waals surface area contributed by atoms with Crippen LogP contribution in [0.15, 0.2) is 58.9 Å². The van der Waals surface area contributed by atoms with Gasteiger partial charge in [-0.1, -0.05) is 37.8 Å². The summed E-state index contributed by atoms with van der Waals surface area (Å²) in [5.41, 5.74) is 0. The molecule has 132 valence electrons. The number of ether oxygens (including phenoxy) is 1. The molecule has 2 aromatic rings. The lowest BCUT2D eigenvalue weighted by Gasteiger charge is -2.14. The van der Waals surface area contributed by atoms with Crippen LogP contribution >= 0.6 is 11.8 Å². The molecule has 24 heavy (non-hydrogen) atoms. The van der Waals surface area contributed by atoms with E-state index in [0.29, 0.717) is 6.73 Å². The van der Waals surface area contributed by atoms with E-state index in [1.54, 1.807) is 11.8 Å².